The maximum absolute atomic E-state index is 12.7. The molecule has 1 aliphatic heterocycles. The van der Waals surface area contributed by atoms with Gasteiger partial charge in [-0.3, -0.25) is 10.1 Å². The molecule has 1 aliphatic rings. The number of thiazole rings is 1. The number of amides is 1. The molecule has 28 heavy (non-hydrogen) atoms. The van der Waals surface area contributed by atoms with Gasteiger partial charge >= 0.3 is 0 Å². The predicted molar refractivity (Wildman–Crippen MR) is 111 cm³/mol. The van der Waals surface area contributed by atoms with Crippen LogP contribution in [0.25, 0.3) is 10.2 Å². The average Bonchev–Trinajstić information content (AvgIpc) is 3.12. The Kier molecular flexibility index (Phi) is 5.18. The van der Waals surface area contributed by atoms with Crippen LogP contribution in [0.4, 0.5) is 5.13 Å². The van der Waals surface area contributed by atoms with E-state index >= 15 is 0 Å². The molecule has 1 N–H and O–H groups in total. The van der Waals surface area contributed by atoms with Gasteiger partial charge in [0.05, 0.1) is 15.1 Å². The number of nitrogens with zero attached hydrogens (tertiary/aromatic N) is 2. The van der Waals surface area contributed by atoms with Gasteiger partial charge in [-0.25, -0.2) is 13.4 Å². The van der Waals surface area contributed by atoms with Gasteiger partial charge in [0.25, 0.3) is 5.91 Å². The first kappa shape index (κ1) is 19.0. The highest BCUT2D eigenvalue weighted by molar-refractivity contribution is 7.89. The fraction of sp³-hybridized carbons (Fsp3) is 0.300. The lowest BCUT2D eigenvalue weighted by Gasteiger charge is -2.25. The summed E-state index contributed by atoms with van der Waals surface area (Å²) in [5.74, 6) is -0.307. The lowest BCUT2D eigenvalue weighted by atomic mass is 10.2. The third kappa shape index (κ3) is 3.67. The van der Waals surface area contributed by atoms with Crippen LogP contribution in [0, 0.1) is 6.92 Å². The number of carbonyl (C=O) groups is 1. The van der Waals surface area contributed by atoms with E-state index < -0.39 is 10.0 Å². The second-order valence-electron chi connectivity index (χ2n) is 6.88. The average molecular weight is 416 g/mol. The summed E-state index contributed by atoms with van der Waals surface area (Å²) in [6.07, 6.45) is 2.85. The Balaban J connectivity index is 1.51. The molecule has 8 heteroatoms. The summed E-state index contributed by atoms with van der Waals surface area (Å²) in [5.41, 5.74) is 2.33. The highest BCUT2D eigenvalue weighted by atomic mass is 32.2. The van der Waals surface area contributed by atoms with Crippen LogP contribution >= 0.6 is 11.3 Å². The zero-order valence-electron chi connectivity index (χ0n) is 15.5. The van der Waals surface area contributed by atoms with E-state index in [-0.39, 0.29) is 10.8 Å². The summed E-state index contributed by atoms with van der Waals surface area (Å²) >= 11 is 1.42. The number of carbonyl (C=O) groups excluding carboxylic acids is 1. The number of piperidine rings is 1. The van der Waals surface area contributed by atoms with Crippen LogP contribution in [-0.2, 0) is 10.0 Å². The van der Waals surface area contributed by atoms with Crippen molar-refractivity contribution in [2.24, 2.45) is 0 Å². The highest BCUT2D eigenvalue weighted by Gasteiger charge is 2.26. The Labute approximate surface area is 168 Å². The second kappa shape index (κ2) is 7.62. The van der Waals surface area contributed by atoms with Gasteiger partial charge < -0.3 is 0 Å². The molecule has 0 radical (unpaired) electrons. The number of rotatable bonds is 4. The topological polar surface area (TPSA) is 79.4 Å². The van der Waals surface area contributed by atoms with Crippen molar-refractivity contribution in [3.63, 3.8) is 0 Å². The summed E-state index contributed by atoms with van der Waals surface area (Å²) in [6.45, 7) is 3.10. The minimum absolute atomic E-state index is 0.224. The van der Waals surface area contributed by atoms with Crippen LogP contribution in [0.3, 0.4) is 0 Å². The van der Waals surface area contributed by atoms with Crippen LogP contribution in [0.2, 0.25) is 0 Å². The first-order valence-electron chi connectivity index (χ1n) is 9.23. The lowest BCUT2D eigenvalue weighted by molar-refractivity contribution is 0.102. The van der Waals surface area contributed by atoms with Gasteiger partial charge in [-0.1, -0.05) is 29.9 Å². The fourth-order valence-corrected chi connectivity index (χ4v) is 5.80. The zero-order chi connectivity index (χ0) is 19.7. The summed E-state index contributed by atoms with van der Waals surface area (Å²) < 4.78 is 28.0. The summed E-state index contributed by atoms with van der Waals surface area (Å²) in [4.78, 5) is 17.2. The van der Waals surface area contributed by atoms with Crippen molar-refractivity contribution in [3.8, 4) is 0 Å². The molecule has 1 saturated heterocycles. The van der Waals surface area contributed by atoms with E-state index in [4.69, 9.17) is 0 Å². The van der Waals surface area contributed by atoms with E-state index in [1.165, 1.54) is 27.8 Å². The predicted octanol–water partition coefficient (Wildman–Crippen LogP) is 4.03. The van der Waals surface area contributed by atoms with Gasteiger partial charge in [0.2, 0.25) is 10.0 Å². The number of para-hydroxylation sites is 1. The molecule has 1 aromatic heterocycles. The molecule has 0 spiro atoms. The Morgan fingerprint density at radius 3 is 2.46 bits per heavy atom. The van der Waals surface area contributed by atoms with Crippen LogP contribution in [-0.4, -0.2) is 36.7 Å². The molecular weight excluding hydrogens is 394 g/mol. The van der Waals surface area contributed by atoms with Crippen molar-refractivity contribution in [1.82, 2.24) is 9.29 Å². The zero-order valence-corrected chi connectivity index (χ0v) is 17.1. The molecule has 0 aliphatic carbocycles. The van der Waals surface area contributed by atoms with Crippen molar-refractivity contribution in [3.05, 3.63) is 53.6 Å². The normalized spacial score (nSPS) is 15.6. The van der Waals surface area contributed by atoms with E-state index in [0.717, 1.165) is 35.0 Å². The largest absolute Gasteiger partial charge is 0.298 e. The van der Waals surface area contributed by atoms with Gasteiger partial charge in [-0.2, -0.15) is 4.31 Å². The monoisotopic (exact) mass is 415 g/mol. The third-order valence-electron chi connectivity index (χ3n) is 4.91. The number of aryl methyl sites for hydroxylation is 1. The van der Waals surface area contributed by atoms with Crippen LogP contribution in [0.15, 0.2) is 47.4 Å². The van der Waals surface area contributed by atoms with E-state index in [9.17, 15) is 13.2 Å². The number of anilines is 1. The van der Waals surface area contributed by atoms with Crippen molar-refractivity contribution in [1.29, 1.82) is 0 Å². The number of hydrogen-bond acceptors (Lipinski definition) is 5. The molecule has 2 heterocycles. The number of fused-ring (bicyclic) bond motifs is 1. The van der Waals surface area contributed by atoms with Gasteiger partial charge in [0.1, 0.15) is 0 Å². The Hall–Kier alpha value is -2.29. The van der Waals surface area contributed by atoms with Gasteiger partial charge in [0, 0.05) is 18.7 Å². The summed E-state index contributed by atoms with van der Waals surface area (Å²) in [6, 6.07) is 12.0. The number of sulfonamides is 1. The molecule has 0 bridgehead atoms. The van der Waals surface area contributed by atoms with Gasteiger partial charge in [-0.05, 0) is 55.7 Å². The number of aromatic nitrogens is 1. The Morgan fingerprint density at radius 1 is 1.07 bits per heavy atom. The molecule has 1 amide bonds. The molecule has 1 fully saturated rings. The van der Waals surface area contributed by atoms with Crippen LogP contribution < -0.4 is 5.32 Å². The molecule has 3 aromatic rings. The molecule has 4 rings (SSSR count). The van der Waals surface area contributed by atoms with Crippen molar-refractivity contribution < 1.29 is 13.2 Å². The maximum atomic E-state index is 12.7. The number of benzene rings is 2. The molecule has 6 nitrogen and oxygen atoms in total. The highest BCUT2D eigenvalue weighted by Crippen LogP contribution is 2.28. The molecule has 146 valence electrons. The fourth-order valence-electron chi connectivity index (χ4n) is 3.34. The number of hydrogen-bond donors (Lipinski definition) is 1. The first-order valence-corrected chi connectivity index (χ1v) is 11.5. The Bertz CT molecular complexity index is 1120. The quantitative estimate of drug-likeness (QED) is 0.698. The van der Waals surface area contributed by atoms with Crippen molar-refractivity contribution in [2.45, 2.75) is 31.1 Å². The first-order chi connectivity index (χ1) is 13.4. The molecule has 0 atom stereocenters. The standard InChI is InChI=1S/C20H21N3O3S2/c1-14-6-5-7-17-18(14)21-20(27-17)22-19(24)15-8-10-16(11-9-15)28(25,26)23-12-3-2-4-13-23/h5-11H,2-4,12-13H2,1H3,(H,21,22,24). The van der Waals surface area contributed by atoms with Crippen LogP contribution in [0.5, 0.6) is 0 Å². The Morgan fingerprint density at radius 2 is 1.79 bits per heavy atom. The van der Waals surface area contributed by atoms with E-state index in [0.29, 0.717) is 23.8 Å². The number of nitrogens with one attached hydrogen (secondary N) is 1. The lowest BCUT2D eigenvalue weighted by Crippen LogP contribution is -2.35. The summed E-state index contributed by atoms with van der Waals surface area (Å²) in [5, 5.41) is 3.33. The second-order valence-corrected chi connectivity index (χ2v) is 9.85. The van der Waals surface area contributed by atoms with Crippen molar-refractivity contribution in [2.75, 3.05) is 18.4 Å². The third-order valence-corrected chi connectivity index (χ3v) is 7.76. The van der Waals surface area contributed by atoms with Gasteiger partial charge in [-0.15, -0.1) is 0 Å². The maximum Gasteiger partial charge on any atom is 0.257 e. The van der Waals surface area contributed by atoms with Crippen LogP contribution in [0.1, 0.15) is 35.2 Å². The minimum Gasteiger partial charge on any atom is -0.298 e. The van der Waals surface area contributed by atoms with E-state index in [2.05, 4.69) is 10.3 Å². The molecular formula is C20H21N3O3S2. The SMILES string of the molecule is Cc1cccc2sc(NC(=O)c3ccc(S(=O)(=O)N4CCCCC4)cc3)nc12. The molecule has 0 unspecified atom stereocenters. The molecule has 2 aromatic carbocycles. The summed E-state index contributed by atoms with van der Waals surface area (Å²) in [7, 11) is -3.49. The van der Waals surface area contributed by atoms with E-state index in [1.807, 2.05) is 25.1 Å². The molecule has 0 saturated carbocycles. The van der Waals surface area contributed by atoms with Gasteiger partial charge in [0.15, 0.2) is 5.13 Å². The van der Waals surface area contributed by atoms with Crippen molar-refractivity contribution >= 4 is 42.6 Å². The smallest absolute Gasteiger partial charge is 0.257 e. The minimum atomic E-state index is -3.49. The van der Waals surface area contributed by atoms with E-state index in [1.54, 1.807) is 12.1 Å².